The van der Waals surface area contributed by atoms with E-state index >= 15 is 0 Å². The molecule has 0 aliphatic heterocycles. The summed E-state index contributed by atoms with van der Waals surface area (Å²) in [5, 5.41) is 0. The lowest BCUT2D eigenvalue weighted by atomic mass is 10.4. The van der Waals surface area contributed by atoms with Gasteiger partial charge in [0.1, 0.15) is 5.65 Å². The first-order chi connectivity index (χ1) is 11.7. The summed E-state index contributed by atoms with van der Waals surface area (Å²) in [5.41, 5.74) is 0.789. The lowest BCUT2D eigenvalue weighted by molar-refractivity contribution is 0.179. The molecule has 0 aliphatic rings. The number of nitrogens with zero attached hydrogens (tertiary/aromatic N) is 3. The Kier molecular flexibility index (Phi) is 5.32. The van der Waals surface area contributed by atoms with Gasteiger partial charge < -0.3 is 9.14 Å². The molecule has 0 atom stereocenters. The van der Waals surface area contributed by atoms with E-state index in [1.807, 2.05) is 53.4 Å². The smallest absolute Gasteiger partial charge is 0.416 e. The number of anilines is 1. The largest absolute Gasteiger partial charge is 0.452 e. The summed E-state index contributed by atoms with van der Waals surface area (Å²) in [4.78, 5) is 20.2. The van der Waals surface area contributed by atoms with E-state index in [4.69, 9.17) is 4.74 Å². The molecule has 3 aromatic rings. The molecule has 0 bridgehead atoms. The van der Waals surface area contributed by atoms with E-state index in [-0.39, 0.29) is 0 Å². The molecule has 0 saturated heterocycles. The molecule has 0 radical (unpaired) electrons. The summed E-state index contributed by atoms with van der Waals surface area (Å²) in [5.74, 6) is 1.07. The van der Waals surface area contributed by atoms with Crippen LogP contribution < -0.4 is 4.90 Å². The summed E-state index contributed by atoms with van der Waals surface area (Å²) < 4.78 is 6.77. The quantitative estimate of drug-likeness (QED) is 0.633. The molecule has 24 heavy (non-hydrogen) atoms. The maximum absolute atomic E-state index is 11.9. The molecule has 2 aromatic heterocycles. The van der Waals surface area contributed by atoms with E-state index in [1.165, 1.54) is 28.7 Å². The molecule has 5 nitrogen and oxygen atoms in total. The number of rotatable bonds is 5. The van der Waals surface area contributed by atoms with Gasteiger partial charge in [-0.05, 0) is 30.5 Å². The highest BCUT2D eigenvalue weighted by molar-refractivity contribution is 7.99. The van der Waals surface area contributed by atoms with Gasteiger partial charge in [0.25, 0.3) is 0 Å². The molecule has 2 heterocycles. The van der Waals surface area contributed by atoms with Crippen molar-refractivity contribution in [2.24, 2.45) is 0 Å². The van der Waals surface area contributed by atoms with E-state index in [0.717, 1.165) is 10.5 Å². The molecule has 7 heteroatoms. The minimum Gasteiger partial charge on any atom is -0.452 e. The Hall–Kier alpha value is -2.12. The summed E-state index contributed by atoms with van der Waals surface area (Å²) in [6.45, 7) is 0. The Morgan fingerprint density at radius 1 is 1.17 bits per heavy atom. The van der Waals surface area contributed by atoms with Crippen LogP contribution in [0.3, 0.4) is 0 Å². The Labute approximate surface area is 149 Å². The third-order valence-corrected chi connectivity index (χ3v) is 4.82. The molecular weight excluding hydrogens is 342 g/mol. The normalized spacial score (nSPS) is 10.8. The predicted molar refractivity (Wildman–Crippen MR) is 99.0 cm³/mol. The molecule has 0 aliphatic carbocycles. The summed E-state index contributed by atoms with van der Waals surface area (Å²) in [6.07, 6.45) is 5.38. The van der Waals surface area contributed by atoms with Crippen LogP contribution in [0.1, 0.15) is 0 Å². The van der Waals surface area contributed by atoms with Gasteiger partial charge in [-0.1, -0.05) is 30.0 Å². The van der Waals surface area contributed by atoms with Crippen molar-refractivity contribution >= 4 is 41.1 Å². The minimum absolute atomic E-state index is 0.411. The molecule has 1 aromatic carbocycles. The third kappa shape index (κ3) is 3.68. The van der Waals surface area contributed by atoms with Crippen LogP contribution in [0.5, 0.6) is 0 Å². The van der Waals surface area contributed by atoms with E-state index in [9.17, 15) is 4.79 Å². The van der Waals surface area contributed by atoms with Crippen LogP contribution in [0.4, 0.5) is 10.6 Å². The van der Waals surface area contributed by atoms with Gasteiger partial charge >= 0.3 is 6.09 Å². The number of methoxy groups -OCH3 is 1. The number of fused-ring (bicyclic) bond motifs is 1. The third-order valence-electron chi connectivity index (χ3n) is 3.32. The van der Waals surface area contributed by atoms with Gasteiger partial charge in [-0.2, -0.15) is 0 Å². The van der Waals surface area contributed by atoms with Crippen LogP contribution in [-0.4, -0.2) is 34.7 Å². The van der Waals surface area contributed by atoms with Crippen molar-refractivity contribution in [1.29, 1.82) is 0 Å². The summed E-state index contributed by atoms with van der Waals surface area (Å²) >= 11 is 3.22. The van der Waals surface area contributed by atoms with Crippen LogP contribution in [0.15, 0.2) is 64.6 Å². The number of carbonyl (C=O) groups excluding carboxylic acids is 1. The van der Waals surface area contributed by atoms with E-state index in [2.05, 4.69) is 17.1 Å². The molecule has 0 fully saturated rings. The lowest BCUT2D eigenvalue weighted by Gasteiger charge is -2.16. The van der Waals surface area contributed by atoms with Crippen molar-refractivity contribution < 1.29 is 9.53 Å². The molecule has 3 rings (SSSR count). The molecule has 0 saturated carbocycles. The molecule has 0 N–H and O–H groups in total. The average Bonchev–Trinajstić information content (AvgIpc) is 3.02. The van der Waals surface area contributed by atoms with Gasteiger partial charge in [-0.15, -0.1) is 11.8 Å². The zero-order valence-electron chi connectivity index (χ0n) is 13.4. The number of benzene rings is 1. The van der Waals surface area contributed by atoms with Gasteiger partial charge in [0, 0.05) is 16.0 Å². The Balaban J connectivity index is 1.89. The number of ether oxygens (including phenoxy) is 1. The average molecular weight is 359 g/mol. The van der Waals surface area contributed by atoms with E-state index in [1.54, 1.807) is 11.8 Å². The second kappa shape index (κ2) is 7.63. The maximum Gasteiger partial charge on any atom is 0.416 e. The first-order valence-electron chi connectivity index (χ1n) is 7.27. The molecule has 124 valence electrons. The number of hydrogen-bond donors (Lipinski definition) is 0. The zero-order valence-corrected chi connectivity index (χ0v) is 15.0. The van der Waals surface area contributed by atoms with Crippen molar-refractivity contribution in [2.75, 3.05) is 24.1 Å². The molecular formula is C17H17N3O2S2. The van der Waals surface area contributed by atoms with Crippen LogP contribution in [0, 0.1) is 0 Å². The second-order valence-corrected chi connectivity index (χ2v) is 6.94. The van der Waals surface area contributed by atoms with Gasteiger partial charge in [-0.25, -0.2) is 9.78 Å². The van der Waals surface area contributed by atoms with Crippen molar-refractivity contribution in [3.8, 4) is 0 Å². The number of thioether (sulfide) groups is 1. The summed E-state index contributed by atoms with van der Waals surface area (Å²) in [6, 6.07) is 14.2. The van der Waals surface area contributed by atoms with Crippen LogP contribution in [0.25, 0.3) is 5.65 Å². The zero-order chi connectivity index (χ0) is 16.9. The fourth-order valence-electron chi connectivity index (χ4n) is 2.22. The van der Waals surface area contributed by atoms with Crippen molar-refractivity contribution in [1.82, 2.24) is 9.38 Å². The van der Waals surface area contributed by atoms with Crippen molar-refractivity contribution in [3.05, 3.63) is 54.9 Å². The van der Waals surface area contributed by atoms with Gasteiger partial charge in [0.2, 0.25) is 0 Å². The van der Waals surface area contributed by atoms with Crippen molar-refractivity contribution in [3.63, 3.8) is 0 Å². The lowest BCUT2D eigenvalue weighted by Crippen LogP contribution is -2.30. The van der Waals surface area contributed by atoms with Gasteiger partial charge in [-0.3, -0.25) is 4.90 Å². The Morgan fingerprint density at radius 2 is 1.96 bits per heavy atom. The van der Waals surface area contributed by atoms with E-state index < -0.39 is 6.09 Å². The first-order valence-corrected chi connectivity index (χ1v) is 9.48. The highest BCUT2D eigenvalue weighted by Gasteiger charge is 2.18. The van der Waals surface area contributed by atoms with Gasteiger partial charge in [0.15, 0.2) is 5.82 Å². The van der Waals surface area contributed by atoms with Crippen LogP contribution >= 0.6 is 23.5 Å². The highest BCUT2D eigenvalue weighted by atomic mass is 32.2. The fourth-order valence-corrected chi connectivity index (χ4v) is 3.59. The van der Waals surface area contributed by atoms with Crippen molar-refractivity contribution in [2.45, 2.75) is 9.79 Å². The standard InChI is InChI=1S/C17H17N3O2S2/c1-22-17(21)20(12-23-2)16-11-19-10-14(8-9-15(19)18-16)24-13-6-4-3-5-7-13/h3-11H,12H2,1-2H3. The SMILES string of the molecule is COC(=O)N(CSC)c1cn2cc(Sc3ccccc3)ccc2n1. The predicted octanol–water partition coefficient (Wildman–Crippen LogP) is 4.38. The monoisotopic (exact) mass is 359 g/mol. The number of imidazole rings is 1. The fraction of sp³-hybridized carbons (Fsp3) is 0.176. The number of aromatic nitrogens is 2. The Bertz CT molecular complexity index is 836. The van der Waals surface area contributed by atoms with E-state index in [0.29, 0.717) is 11.7 Å². The van der Waals surface area contributed by atoms with Crippen LogP contribution in [-0.2, 0) is 4.74 Å². The van der Waals surface area contributed by atoms with Gasteiger partial charge in [0.05, 0.1) is 19.2 Å². The number of amides is 1. The highest BCUT2D eigenvalue weighted by Crippen LogP contribution is 2.28. The molecule has 0 unspecified atom stereocenters. The minimum atomic E-state index is -0.411. The Morgan fingerprint density at radius 3 is 2.67 bits per heavy atom. The first kappa shape index (κ1) is 16.7. The number of hydrogen-bond acceptors (Lipinski definition) is 5. The second-order valence-electron chi connectivity index (χ2n) is 4.96. The number of carbonyl (C=O) groups is 1. The molecule has 0 spiro atoms. The maximum atomic E-state index is 11.9. The van der Waals surface area contributed by atoms with Crippen LogP contribution in [0.2, 0.25) is 0 Å². The molecule has 1 amide bonds. The number of pyridine rings is 1. The topological polar surface area (TPSA) is 46.8 Å². The summed E-state index contributed by atoms with van der Waals surface area (Å²) in [7, 11) is 1.38.